The van der Waals surface area contributed by atoms with Crippen LogP contribution in [0, 0.1) is 6.92 Å². The minimum absolute atomic E-state index is 0.142. The van der Waals surface area contributed by atoms with Gasteiger partial charge in [-0.05, 0) is 19.1 Å². The molecule has 0 aliphatic carbocycles. The molecule has 8 heteroatoms. The molecule has 0 atom stereocenters. The topological polar surface area (TPSA) is 80.9 Å². The molecule has 3 aromatic rings. The molecule has 0 aliphatic heterocycles. The number of nitrogens with zero attached hydrogens (tertiary/aromatic N) is 3. The Bertz CT molecular complexity index is 830. The van der Waals surface area contributed by atoms with Crippen molar-refractivity contribution in [1.82, 2.24) is 15.1 Å². The van der Waals surface area contributed by atoms with E-state index in [0.29, 0.717) is 33.9 Å². The summed E-state index contributed by atoms with van der Waals surface area (Å²) < 4.78 is 5.17. The summed E-state index contributed by atoms with van der Waals surface area (Å²) in [6.45, 7) is 1.88. The van der Waals surface area contributed by atoms with Crippen molar-refractivity contribution in [2.24, 2.45) is 0 Å². The van der Waals surface area contributed by atoms with E-state index in [0.717, 1.165) is 5.69 Å². The molecule has 0 aliphatic rings. The molecule has 118 valence electrons. The van der Waals surface area contributed by atoms with E-state index < -0.39 is 0 Å². The number of aromatic nitrogens is 3. The van der Waals surface area contributed by atoms with Gasteiger partial charge in [0.05, 0.1) is 10.7 Å². The minimum atomic E-state index is -0.142. The first kappa shape index (κ1) is 15.6. The summed E-state index contributed by atoms with van der Waals surface area (Å²) in [6.07, 6.45) is 0.594. The van der Waals surface area contributed by atoms with Gasteiger partial charge in [-0.1, -0.05) is 28.9 Å². The maximum absolute atomic E-state index is 11.9. The fourth-order valence-electron chi connectivity index (χ4n) is 1.92. The van der Waals surface area contributed by atoms with E-state index in [1.54, 1.807) is 6.07 Å². The molecule has 0 saturated carbocycles. The number of hydrogen-bond acceptors (Lipinski definition) is 6. The van der Waals surface area contributed by atoms with Crippen molar-refractivity contribution in [2.75, 3.05) is 5.32 Å². The molecule has 2 aromatic heterocycles. The quantitative estimate of drug-likeness (QED) is 0.759. The molecule has 1 N–H and O–H groups in total. The first-order valence-electron chi connectivity index (χ1n) is 6.91. The lowest BCUT2D eigenvalue weighted by atomic mass is 10.2. The van der Waals surface area contributed by atoms with E-state index in [2.05, 4.69) is 20.4 Å². The molecule has 0 unspecified atom stereocenters. The van der Waals surface area contributed by atoms with Gasteiger partial charge in [0.1, 0.15) is 0 Å². The molecule has 0 radical (unpaired) electrons. The number of amides is 1. The third-order valence-corrected chi connectivity index (χ3v) is 4.22. The summed E-state index contributed by atoms with van der Waals surface area (Å²) in [5.41, 5.74) is 1.58. The Morgan fingerprint density at radius 2 is 2.17 bits per heavy atom. The highest BCUT2D eigenvalue weighted by molar-refractivity contribution is 7.13. The average Bonchev–Trinajstić information content (AvgIpc) is 3.15. The highest BCUT2D eigenvalue weighted by Crippen LogP contribution is 2.25. The SMILES string of the molecule is Cc1csc(NC(=O)CCc2nc(-c3ccccc3Cl)no2)n1. The van der Waals surface area contributed by atoms with Crippen LogP contribution in [0.5, 0.6) is 0 Å². The fraction of sp³-hybridized carbons (Fsp3) is 0.200. The predicted molar refractivity (Wildman–Crippen MR) is 88.5 cm³/mol. The van der Waals surface area contributed by atoms with E-state index in [1.165, 1.54) is 11.3 Å². The number of hydrogen-bond donors (Lipinski definition) is 1. The minimum Gasteiger partial charge on any atom is -0.339 e. The van der Waals surface area contributed by atoms with E-state index in [1.807, 2.05) is 30.5 Å². The second kappa shape index (κ2) is 6.89. The van der Waals surface area contributed by atoms with Gasteiger partial charge in [-0.15, -0.1) is 11.3 Å². The zero-order valence-electron chi connectivity index (χ0n) is 12.2. The average molecular weight is 349 g/mol. The Balaban J connectivity index is 1.59. The molecule has 1 amide bonds. The van der Waals surface area contributed by atoms with Crippen molar-refractivity contribution in [3.8, 4) is 11.4 Å². The Kier molecular flexibility index (Phi) is 4.68. The van der Waals surface area contributed by atoms with Crippen LogP contribution in [0.3, 0.4) is 0 Å². The third kappa shape index (κ3) is 3.94. The van der Waals surface area contributed by atoms with Crippen LogP contribution >= 0.6 is 22.9 Å². The van der Waals surface area contributed by atoms with Gasteiger partial charge in [0, 0.05) is 23.8 Å². The Morgan fingerprint density at radius 3 is 2.91 bits per heavy atom. The Labute approximate surface area is 141 Å². The van der Waals surface area contributed by atoms with E-state index in [4.69, 9.17) is 16.1 Å². The van der Waals surface area contributed by atoms with Crippen LogP contribution in [0.15, 0.2) is 34.2 Å². The number of carbonyl (C=O) groups excluding carboxylic acids is 1. The number of aryl methyl sites for hydroxylation is 2. The lowest BCUT2D eigenvalue weighted by Gasteiger charge is -1.99. The molecular weight excluding hydrogens is 336 g/mol. The zero-order chi connectivity index (χ0) is 16.2. The molecule has 0 saturated heterocycles. The second-order valence-electron chi connectivity index (χ2n) is 4.83. The van der Waals surface area contributed by atoms with Crippen molar-refractivity contribution >= 4 is 34.0 Å². The lowest BCUT2D eigenvalue weighted by molar-refractivity contribution is -0.116. The normalized spacial score (nSPS) is 10.7. The number of thiazole rings is 1. The molecule has 6 nitrogen and oxygen atoms in total. The van der Waals surface area contributed by atoms with Gasteiger partial charge in [0.2, 0.25) is 17.6 Å². The number of carbonyl (C=O) groups is 1. The van der Waals surface area contributed by atoms with Crippen molar-refractivity contribution in [2.45, 2.75) is 19.8 Å². The summed E-state index contributed by atoms with van der Waals surface area (Å²) in [6, 6.07) is 7.25. The standard InChI is InChI=1S/C15H13ClN4O2S/c1-9-8-23-15(17-9)18-12(21)6-7-13-19-14(20-22-13)10-4-2-3-5-11(10)16/h2-5,8H,6-7H2,1H3,(H,17,18,21). The zero-order valence-corrected chi connectivity index (χ0v) is 13.8. The summed E-state index contributed by atoms with van der Waals surface area (Å²) in [5, 5.41) is 9.66. The summed E-state index contributed by atoms with van der Waals surface area (Å²) in [4.78, 5) is 20.3. The van der Waals surface area contributed by atoms with Crippen LogP contribution in [-0.4, -0.2) is 21.0 Å². The first-order chi connectivity index (χ1) is 11.1. The molecule has 0 fully saturated rings. The van der Waals surface area contributed by atoms with Gasteiger partial charge in [0.25, 0.3) is 0 Å². The van der Waals surface area contributed by atoms with Crippen LogP contribution in [0.4, 0.5) is 5.13 Å². The maximum Gasteiger partial charge on any atom is 0.227 e. The molecule has 23 heavy (non-hydrogen) atoms. The van der Waals surface area contributed by atoms with Crippen LogP contribution in [-0.2, 0) is 11.2 Å². The van der Waals surface area contributed by atoms with Crippen molar-refractivity contribution < 1.29 is 9.32 Å². The summed E-state index contributed by atoms with van der Waals surface area (Å²) in [5.74, 6) is 0.670. The van der Waals surface area contributed by atoms with Gasteiger partial charge in [-0.2, -0.15) is 4.98 Å². The maximum atomic E-state index is 11.9. The van der Waals surface area contributed by atoms with E-state index in [-0.39, 0.29) is 12.3 Å². The smallest absolute Gasteiger partial charge is 0.227 e. The van der Waals surface area contributed by atoms with Gasteiger partial charge in [-0.25, -0.2) is 4.98 Å². The Hall–Kier alpha value is -2.25. The summed E-state index contributed by atoms with van der Waals surface area (Å²) in [7, 11) is 0. The number of rotatable bonds is 5. The molecule has 0 bridgehead atoms. The molecule has 1 aromatic carbocycles. The lowest BCUT2D eigenvalue weighted by Crippen LogP contribution is -2.12. The third-order valence-electron chi connectivity index (χ3n) is 3.01. The highest BCUT2D eigenvalue weighted by Gasteiger charge is 2.13. The van der Waals surface area contributed by atoms with Gasteiger partial charge in [0.15, 0.2) is 5.13 Å². The van der Waals surface area contributed by atoms with Gasteiger partial charge in [-0.3, -0.25) is 4.79 Å². The molecule has 2 heterocycles. The number of halogens is 1. The van der Waals surface area contributed by atoms with Crippen molar-refractivity contribution in [3.63, 3.8) is 0 Å². The highest BCUT2D eigenvalue weighted by atomic mass is 35.5. The molecule has 0 spiro atoms. The van der Waals surface area contributed by atoms with Gasteiger partial charge < -0.3 is 9.84 Å². The number of anilines is 1. The molecular formula is C15H13ClN4O2S. The number of nitrogens with one attached hydrogen (secondary N) is 1. The van der Waals surface area contributed by atoms with Crippen LogP contribution in [0.25, 0.3) is 11.4 Å². The largest absolute Gasteiger partial charge is 0.339 e. The first-order valence-corrected chi connectivity index (χ1v) is 8.17. The van der Waals surface area contributed by atoms with Gasteiger partial charge >= 0.3 is 0 Å². The second-order valence-corrected chi connectivity index (χ2v) is 6.10. The predicted octanol–water partition coefficient (Wildman–Crippen LogP) is 3.73. The number of benzene rings is 1. The van der Waals surface area contributed by atoms with Crippen LogP contribution in [0.2, 0.25) is 5.02 Å². The fourth-order valence-corrected chi connectivity index (χ4v) is 2.85. The molecule has 3 rings (SSSR count). The van der Waals surface area contributed by atoms with E-state index >= 15 is 0 Å². The van der Waals surface area contributed by atoms with Crippen LogP contribution in [0.1, 0.15) is 18.0 Å². The van der Waals surface area contributed by atoms with Crippen molar-refractivity contribution in [3.05, 3.63) is 46.3 Å². The Morgan fingerprint density at radius 1 is 1.35 bits per heavy atom. The summed E-state index contributed by atoms with van der Waals surface area (Å²) >= 11 is 7.49. The monoisotopic (exact) mass is 348 g/mol. The van der Waals surface area contributed by atoms with Crippen LogP contribution < -0.4 is 5.32 Å². The van der Waals surface area contributed by atoms with Crippen molar-refractivity contribution in [1.29, 1.82) is 0 Å². The van der Waals surface area contributed by atoms with E-state index in [9.17, 15) is 4.79 Å².